The molecule has 0 radical (unpaired) electrons. The predicted molar refractivity (Wildman–Crippen MR) is 80.1 cm³/mol. The van der Waals surface area contributed by atoms with Crippen molar-refractivity contribution in [2.24, 2.45) is 5.73 Å². The Bertz CT molecular complexity index is 445. The van der Waals surface area contributed by atoms with Crippen LogP contribution in [-0.4, -0.2) is 52.5 Å². The van der Waals surface area contributed by atoms with Gasteiger partial charge in [-0.05, 0) is 33.2 Å². The minimum absolute atomic E-state index is 0.0489. The van der Waals surface area contributed by atoms with E-state index in [4.69, 9.17) is 5.73 Å². The van der Waals surface area contributed by atoms with Gasteiger partial charge in [0.15, 0.2) is 0 Å². The van der Waals surface area contributed by atoms with Crippen molar-refractivity contribution < 1.29 is 14.4 Å². The number of hydrogen-bond acceptors (Lipinski definition) is 5. The number of nitrogens with two attached hydrogens (primary N) is 1. The molecule has 2 heterocycles. The van der Waals surface area contributed by atoms with E-state index >= 15 is 0 Å². The van der Waals surface area contributed by atoms with Crippen molar-refractivity contribution in [3.8, 4) is 0 Å². The van der Waals surface area contributed by atoms with Crippen LogP contribution >= 0.6 is 11.8 Å². The Balaban J connectivity index is 2.03. The lowest BCUT2D eigenvalue weighted by molar-refractivity contribution is -0.137. The number of nitrogens with one attached hydrogen (secondary N) is 2. The van der Waals surface area contributed by atoms with E-state index in [-0.39, 0.29) is 28.6 Å². The fraction of sp³-hybridized carbons (Fsp3) is 0.769. The first kappa shape index (κ1) is 16.1. The molecule has 2 aliphatic heterocycles. The molecule has 0 aromatic rings. The summed E-state index contributed by atoms with van der Waals surface area (Å²) in [5.41, 5.74) is 5.37. The van der Waals surface area contributed by atoms with Gasteiger partial charge >= 0.3 is 0 Å². The molecule has 0 aromatic heterocycles. The van der Waals surface area contributed by atoms with Gasteiger partial charge in [0.25, 0.3) is 0 Å². The second-order valence-electron chi connectivity index (χ2n) is 5.43. The summed E-state index contributed by atoms with van der Waals surface area (Å²) in [5.74, 6) is -0.578. The molecule has 2 saturated heterocycles. The Labute approximate surface area is 128 Å². The molecule has 0 spiro atoms. The third kappa shape index (κ3) is 3.49. The van der Waals surface area contributed by atoms with Crippen molar-refractivity contribution in [1.82, 2.24) is 15.5 Å². The number of nitrogens with zero attached hydrogens (tertiary/aromatic N) is 1. The van der Waals surface area contributed by atoms with E-state index in [1.807, 2.05) is 0 Å². The maximum atomic E-state index is 12.2. The third-order valence-electron chi connectivity index (χ3n) is 4.02. The molecule has 0 saturated carbocycles. The number of carbonyl (C=O) groups excluding carboxylic acids is 3. The van der Waals surface area contributed by atoms with E-state index in [1.54, 1.807) is 30.6 Å². The summed E-state index contributed by atoms with van der Waals surface area (Å²) in [5, 5.41) is 5.65. The standard InChI is InChI=1S/C13H22N4O3S/c1-7(15-2)13(20)16-9-4-5-10(18)17-8(12(14)19)3-6-11(17)21-9/h7-9,11,15H,3-6H2,1-2H3,(H2,14,19)(H,16,20). The molecule has 7 nitrogen and oxygen atoms in total. The van der Waals surface area contributed by atoms with Gasteiger partial charge in [0.05, 0.1) is 16.8 Å². The van der Waals surface area contributed by atoms with Crippen LogP contribution < -0.4 is 16.4 Å². The molecular weight excluding hydrogens is 292 g/mol. The summed E-state index contributed by atoms with van der Waals surface area (Å²) >= 11 is 1.54. The fourth-order valence-electron chi connectivity index (χ4n) is 2.69. The smallest absolute Gasteiger partial charge is 0.240 e. The molecule has 4 N–H and O–H groups in total. The third-order valence-corrected chi connectivity index (χ3v) is 5.48. The SMILES string of the molecule is CNC(C)C(=O)NC1CCC(=O)N2C(CCC2C(N)=O)S1. The largest absolute Gasteiger partial charge is 0.368 e. The van der Waals surface area contributed by atoms with Crippen LogP contribution in [0.25, 0.3) is 0 Å². The average Bonchev–Trinajstić information content (AvgIpc) is 2.80. The zero-order valence-electron chi connectivity index (χ0n) is 12.3. The van der Waals surface area contributed by atoms with E-state index in [2.05, 4.69) is 10.6 Å². The normalized spacial score (nSPS) is 30.5. The van der Waals surface area contributed by atoms with Gasteiger partial charge in [0, 0.05) is 6.42 Å². The van der Waals surface area contributed by atoms with Crippen LogP contribution in [0, 0.1) is 0 Å². The molecule has 21 heavy (non-hydrogen) atoms. The van der Waals surface area contributed by atoms with Crippen molar-refractivity contribution in [2.45, 2.75) is 55.4 Å². The van der Waals surface area contributed by atoms with Gasteiger partial charge in [0.1, 0.15) is 6.04 Å². The minimum atomic E-state index is -0.499. The predicted octanol–water partition coefficient (Wildman–Crippen LogP) is -0.634. The number of hydrogen-bond donors (Lipinski definition) is 3. The lowest BCUT2D eigenvalue weighted by atomic mass is 10.2. The van der Waals surface area contributed by atoms with E-state index in [9.17, 15) is 14.4 Å². The highest BCUT2D eigenvalue weighted by Gasteiger charge is 2.43. The lowest BCUT2D eigenvalue weighted by Crippen LogP contribution is -2.46. The van der Waals surface area contributed by atoms with Crippen molar-refractivity contribution in [3.63, 3.8) is 0 Å². The van der Waals surface area contributed by atoms with Gasteiger partial charge in [-0.1, -0.05) is 0 Å². The fourth-order valence-corrected chi connectivity index (χ4v) is 4.17. The van der Waals surface area contributed by atoms with Gasteiger partial charge in [-0.25, -0.2) is 0 Å². The number of primary amides is 1. The van der Waals surface area contributed by atoms with Gasteiger partial charge in [-0.15, -0.1) is 11.8 Å². The summed E-state index contributed by atoms with van der Waals surface area (Å²) < 4.78 is 0. The van der Waals surface area contributed by atoms with Gasteiger partial charge in [-0.3, -0.25) is 14.4 Å². The molecule has 0 aromatic carbocycles. The van der Waals surface area contributed by atoms with Gasteiger partial charge in [0.2, 0.25) is 17.7 Å². The second-order valence-corrected chi connectivity index (χ2v) is 6.82. The van der Waals surface area contributed by atoms with Crippen LogP contribution in [0.1, 0.15) is 32.6 Å². The van der Waals surface area contributed by atoms with Crippen molar-refractivity contribution in [3.05, 3.63) is 0 Å². The minimum Gasteiger partial charge on any atom is -0.368 e. The second kappa shape index (κ2) is 6.65. The van der Waals surface area contributed by atoms with Crippen LogP contribution in [0.2, 0.25) is 0 Å². The first-order valence-corrected chi connectivity index (χ1v) is 8.12. The zero-order chi connectivity index (χ0) is 15.6. The molecule has 8 heteroatoms. The Morgan fingerprint density at radius 1 is 1.38 bits per heavy atom. The van der Waals surface area contributed by atoms with Crippen LogP contribution in [0.4, 0.5) is 0 Å². The number of carbonyl (C=O) groups is 3. The number of thioether (sulfide) groups is 1. The molecule has 2 fully saturated rings. The van der Waals surface area contributed by atoms with Crippen LogP contribution in [-0.2, 0) is 14.4 Å². The highest BCUT2D eigenvalue weighted by Crippen LogP contribution is 2.37. The molecular formula is C13H22N4O3S. The Morgan fingerprint density at radius 3 is 2.71 bits per heavy atom. The Hall–Kier alpha value is -1.28. The topological polar surface area (TPSA) is 105 Å². The molecule has 4 unspecified atom stereocenters. The number of fused-ring (bicyclic) bond motifs is 1. The zero-order valence-corrected chi connectivity index (χ0v) is 13.1. The lowest BCUT2D eigenvalue weighted by Gasteiger charge is -2.27. The highest BCUT2D eigenvalue weighted by atomic mass is 32.2. The summed E-state index contributed by atoms with van der Waals surface area (Å²) in [4.78, 5) is 37.2. The van der Waals surface area contributed by atoms with Crippen molar-refractivity contribution >= 4 is 29.5 Å². The van der Waals surface area contributed by atoms with Crippen LogP contribution in [0.15, 0.2) is 0 Å². The van der Waals surface area contributed by atoms with Crippen molar-refractivity contribution in [1.29, 1.82) is 0 Å². The molecule has 4 atom stereocenters. The maximum absolute atomic E-state index is 12.2. The number of rotatable bonds is 4. The average molecular weight is 314 g/mol. The molecule has 0 bridgehead atoms. The number of likely N-dealkylation sites (N-methyl/N-ethyl adjacent to an activating group) is 1. The highest BCUT2D eigenvalue weighted by molar-refractivity contribution is 8.00. The Morgan fingerprint density at radius 2 is 2.10 bits per heavy atom. The van der Waals surface area contributed by atoms with E-state index < -0.39 is 11.9 Å². The molecule has 2 rings (SSSR count). The van der Waals surface area contributed by atoms with E-state index in [1.165, 1.54) is 0 Å². The summed E-state index contributed by atoms with van der Waals surface area (Å²) in [6, 6.07) is -0.775. The molecule has 2 aliphatic rings. The summed E-state index contributed by atoms with van der Waals surface area (Å²) in [7, 11) is 1.73. The van der Waals surface area contributed by atoms with Crippen molar-refractivity contribution in [2.75, 3.05) is 7.05 Å². The van der Waals surface area contributed by atoms with E-state index in [0.29, 0.717) is 19.3 Å². The summed E-state index contributed by atoms with van der Waals surface area (Å²) in [6.45, 7) is 1.78. The molecule has 118 valence electrons. The molecule has 0 aliphatic carbocycles. The first-order valence-electron chi connectivity index (χ1n) is 7.17. The maximum Gasteiger partial charge on any atom is 0.240 e. The van der Waals surface area contributed by atoms with Gasteiger partial charge < -0.3 is 21.3 Å². The van der Waals surface area contributed by atoms with E-state index in [0.717, 1.165) is 6.42 Å². The monoisotopic (exact) mass is 314 g/mol. The molecule has 3 amide bonds. The Kier molecular flexibility index (Phi) is 5.10. The van der Waals surface area contributed by atoms with Crippen LogP contribution in [0.5, 0.6) is 0 Å². The first-order chi connectivity index (χ1) is 9.93. The number of amides is 3. The van der Waals surface area contributed by atoms with Gasteiger partial charge in [-0.2, -0.15) is 0 Å². The summed E-state index contributed by atoms with van der Waals surface area (Å²) in [6.07, 6.45) is 2.24. The quantitative estimate of drug-likeness (QED) is 0.640. The van der Waals surface area contributed by atoms with Crippen LogP contribution in [0.3, 0.4) is 0 Å².